The summed E-state index contributed by atoms with van der Waals surface area (Å²) in [5, 5.41) is 14.6. The standard InChI is InChI=1S/C11H23N3O3/c1-4-5-8(12)10(16)11(17)13-6-9(15)14-7(2)3/h7-8,11,13,17H,4-6,12H2,1-3H3,(H,14,15)/t8?,11-/m0/s1. The summed E-state index contributed by atoms with van der Waals surface area (Å²) in [5.74, 6) is -0.750. The van der Waals surface area contributed by atoms with Gasteiger partial charge in [0.15, 0.2) is 12.0 Å². The molecule has 5 N–H and O–H groups in total. The van der Waals surface area contributed by atoms with Crippen molar-refractivity contribution < 1.29 is 14.7 Å². The number of nitrogens with two attached hydrogens (primary N) is 1. The third-order valence-corrected chi connectivity index (χ3v) is 2.14. The molecule has 0 aromatic carbocycles. The van der Waals surface area contributed by atoms with E-state index in [0.29, 0.717) is 6.42 Å². The Morgan fingerprint density at radius 3 is 2.41 bits per heavy atom. The molecule has 0 aliphatic rings. The van der Waals surface area contributed by atoms with Gasteiger partial charge in [-0.3, -0.25) is 14.9 Å². The number of hydrogen-bond acceptors (Lipinski definition) is 5. The van der Waals surface area contributed by atoms with Gasteiger partial charge in [-0.1, -0.05) is 13.3 Å². The number of nitrogens with one attached hydrogen (secondary N) is 2. The van der Waals surface area contributed by atoms with Crippen molar-refractivity contribution in [2.24, 2.45) is 5.73 Å². The van der Waals surface area contributed by atoms with Crippen LogP contribution >= 0.6 is 0 Å². The van der Waals surface area contributed by atoms with Crippen LogP contribution in [0.15, 0.2) is 0 Å². The normalized spacial score (nSPS) is 14.5. The van der Waals surface area contributed by atoms with Gasteiger partial charge in [-0.2, -0.15) is 0 Å². The lowest BCUT2D eigenvalue weighted by Gasteiger charge is -2.16. The van der Waals surface area contributed by atoms with E-state index in [0.717, 1.165) is 6.42 Å². The molecule has 0 rings (SSSR count). The SMILES string of the molecule is CCCC(N)C(=O)[C@H](O)NCC(=O)NC(C)C. The van der Waals surface area contributed by atoms with Gasteiger partial charge in [-0.05, 0) is 20.3 Å². The van der Waals surface area contributed by atoms with Gasteiger partial charge in [-0.25, -0.2) is 0 Å². The molecule has 0 bridgehead atoms. The second-order valence-electron chi connectivity index (χ2n) is 4.30. The minimum atomic E-state index is -1.38. The van der Waals surface area contributed by atoms with Crippen molar-refractivity contribution in [1.29, 1.82) is 0 Å². The fraction of sp³-hybridized carbons (Fsp3) is 0.818. The van der Waals surface area contributed by atoms with Gasteiger partial charge in [0, 0.05) is 6.04 Å². The van der Waals surface area contributed by atoms with Crippen molar-refractivity contribution in [3.05, 3.63) is 0 Å². The minimum Gasteiger partial charge on any atom is -0.371 e. The first kappa shape index (κ1) is 16.0. The average molecular weight is 245 g/mol. The van der Waals surface area contributed by atoms with Crippen LogP contribution in [-0.2, 0) is 9.59 Å². The molecule has 0 aliphatic carbocycles. The summed E-state index contributed by atoms with van der Waals surface area (Å²) in [4.78, 5) is 22.7. The Labute approximate surface area is 102 Å². The van der Waals surface area contributed by atoms with E-state index >= 15 is 0 Å². The summed E-state index contributed by atoms with van der Waals surface area (Å²) in [6.07, 6.45) is -0.0853. The molecule has 0 aromatic heterocycles. The van der Waals surface area contributed by atoms with Crippen LogP contribution in [0.2, 0.25) is 0 Å². The van der Waals surface area contributed by atoms with Gasteiger partial charge in [0.05, 0.1) is 12.6 Å². The number of carbonyl (C=O) groups excluding carboxylic acids is 2. The van der Waals surface area contributed by atoms with Crippen molar-refractivity contribution in [3.63, 3.8) is 0 Å². The first-order chi connectivity index (χ1) is 7.88. The van der Waals surface area contributed by atoms with Gasteiger partial charge >= 0.3 is 0 Å². The maximum atomic E-state index is 11.5. The lowest BCUT2D eigenvalue weighted by atomic mass is 10.1. The zero-order valence-electron chi connectivity index (χ0n) is 10.7. The average Bonchev–Trinajstić information content (AvgIpc) is 2.24. The molecule has 0 saturated carbocycles. The second kappa shape index (κ2) is 8.16. The molecule has 0 saturated heterocycles. The van der Waals surface area contributed by atoms with Crippen molar-refractivity contribution in [1.82, 2.24) is 10.6 Å². The van der Waals surface area contributed by atoms with Crippen molar-refractivity contribution in [2.45, 2.75) is 51.9 Å². The fourth-order valence-corrected chi connectivity index (χ4v) is 1.32. The minimum absolute atomic E-state index is 0.0273. The third-order valence-electron chi connectivity index (χ3n) is 2.14. The van der Waals surface area contributed by atoms with Crippen LogP contribution in [0.5, 0.6) is 0 Å². The van der Waals surface area contributed by atoms with Gasteiger partial charge in [0.1, 0.15) is 0 Å². The summed E-state index contributed by atoms with van der Waals surface area (Å²) in [6, 6.07) is -0.657. The Bertz CT molecular complexity index is 256. The number of rotatable bonds is 8. The maximum Gasteiger partial charge on any atom is 0.234 e. The van der Waals surface area contributed by atoms with Crippen LogP contribution in [0.25, 0.3) is 0 Å². The van der Waals surface area contributed by atoms with Crippen LogP contribution in [0, 0.1) is 0 Å². The zero-order valence-corrected chi connectivity index (χ0v) is 10.7. The lowest BCUT2D eigenvalue weighted by molar-refractivity contribution is -0.131. The first-order valence-corrected chi connectivity index (χ1v) is 5.88. The molecule has 0 fully saturated rings. The van der Waals surface area contributed by atoms with E-state index in [1.807, 2.05) is 20.8 Å². The topological polar surface area (TPSA) is 104 Å². The number of amides is 1. The van der Waals surface area contributed by atoms with Gasteiger partial charge in [0.2, 0.25) is 5.91 Å². The largest absolute Gasteiger partial charge is 0.371 e. The van der Waals surface area contributed by atoms with Crippen LogP contribution in [0.4, 0.5) is 0 Å². The molecule has 6 heteroatoms. The van der Waals surface area contributed by atoms with E-state index in [-0.39, 0.29) is 18.5 Å². The summed E-state index contributed by atoms with van der Waals surface area (Å²) < 4.78 is 0. The smallest absolute Gasteiger partial charge is 0.234 e. The number of Topliss-reactive ketones (excluding diaryl/α,β-unsaturated/α-hetero) is 1. The van der Waals surface area contributed by atoms with E-state index < -0.39 is 18.1 Å². The van der Waals surface area contributed by atoms with Crippen molar-refractivity contribution in [3.8, 4) is 0 Å². The number of ketones is 1. The Hall–Kier alpha value is -0.980. The molecule has 17 heavy (non-hydrogen) atoms. The van der Waals surface area contributed by atoms with Gasteiger partial charge < -0.3 is 16.2 Å². The molecule has 0 radical (unpaired) electrons. The van der Waals surface area contributed by atoms with Gasteiger partial charge in [-0.15, -0.1) is 0 Å². The quantitative estimate of drug-likeness (QED) is 0.415. The van der Waals surface area contributed by atoms with Crippen LogP contribution in [-0.4, -0.2) is 41.7 Å². The zero-order chi connectivity index (χ0) is 13.4. The third kappa shape index (κ3) is 7.04. The number of aliphatic hydroxyl groups is 1. The summed E-state index contributed by atoms with van der Waals surface area (Å²) in [6.45, 7) is 5.46. The monoisotopic (exact) mass is 245 g/mol. The molecule has 100 valence electrons. The number of hydrogen-bond donors (Lipinski definition) is 4. The molecule has 0 heterocycles. The molecule has 1 unspecified atom stereocenters. The van der Waals surface area contributed by atoms with E-state index in [4.69, 9.17) is 5.73 Å². The highest BCUT2D eigenvalue weighted by atomic mass is 16.3. The lowest BCUT2D eigenvalue weighted by Crippen LogP contribution is -2.49. The van der Waals surface area contributed by atoms with E-state index in [9.17, 15) is 14.7 Å². The number of carbonyl (C=O) groups is 2. The molecular formula is C11H23N3O3. The molecular weight excluding hydrogens is 222 g/mol. The Morgan fingerprint density at radius 1 is 1.35 bits per heavy atom. The number of aliphatic hydroxyl groups excluding tert-OH is 1. The summed E-state index contributed by atoms with van der Waals surface area (Å²) in [5.41, 5.74) is 5.57. The van der Waals surface area contributed by atoms with E-state index in [1.165, 1.54) is 0 Å². The van der Waals surface area contributed by atoms with Crippen molar-refractivity contribution >= 4 is 11.7 Å². The van der Waals surface area contributed by atoms with Crippen LogP contribution < -0.4 is 16.4 Å². The molecule has 0 aromatic rings. The highest BCUT2D eigenvalue weighted by Crippen LogP contribution is 1.97. The Kier molecular flexibility index (Phi) is 7.69. The van der Waals surface area contributed by atoms with Crippen molar-refractivity contribution in [2.75, 3.05) is 6.54 Å². The first-order valence-electron chi connectivity index (χ1n) is 5.88. The Morgan fingerprint density at radius 2 is 1.94 bits per heavy atom. The van der Waals surface area contributed by atoms with E-state index in [2.05, 4.69) is 10.6 Å². The summed E-state index contributed by atoms with van der Waals surface area (Å²) in [7, 11) is 0. The molecule has 0 spiro atoms. The highest BCUT2D eigenvalue weighted by molar-refractivity contribution is 5.88. The molecule has 1 amide bonds. The second-order valence-corrected chi connectivity index (χ2v) is 4.30. The summed E-state index contributed by atoms with van der Waals surface area (Å²) >= 11 is 0. The van der Waals surface area contributed by atoms with E-state index in [1.54, 1.807) is 0 Å². The van der Waals surface area contributed by atoms with Gasteiger partial charge in [0.25, 0.3) is 0 Å². The predicted octanol–water partition coefficient (Wildman–Crippen LogP) is -0.884. The molecule has 2 atom stereocenters. The highest BCUT2D eigenvalue weighted by Gasteiger charge is 2.21. The van der Waals surface area contributed by atoms with Crippen LogP contribution in [0.1, 0.15) is 33.6 Å². The Balaban J connectivity index is 3.96. The fourth-order valence-electron chi connectivity index (χ4n) is 1.32. The molecule has 0 aliphatic heterocycles. The van der Waals surface area contributed by atoms with Crippen LogP contribution in [0.3, 0.4) is 0 Å². The predicted molar refractivity (Wildman–Crippen MR) is 65.2 cm³/mol. The maximum absolute atomic E-state index is 11.5. The molecule has 6 nitrogen and oxygen atoms in total.